The van der Waals surface area contributed by atoms with Crippen molar-refractivity contribution >= 4 is 75.6 Å². The number of benzene rings is 5. The third-order valence-corrected chi connectivity index (χ3v) is 14.3. The van der Waals surface area contributed by atoms with Gasteiger partial charge >= 0.3 is 6.01 Å². The number of hydrogen-bond donors (Lipinski definition) is 3. The minimum Gasteiger partial charge on any atom is -0.403 e. The molecule has 5 N–H and O–H groups in total. The smallest absolute Gasteiger partial charge is 0.320 e. The van der Waals surface area contributed by atoms with Gasteiger partial charge in [0.2, 0.25) is 5.89 Å². The summed E-state index contributed by atoms with van der Waals surface area (Å²) in [6.45, 7) is 6.63. The summed E-state index contributed by atoms with van der Waals surface area (Å²) in [5.41, 5.74) is 20.1. The number of hydrogen-bond acceptors (Lipinski definition) is 15. The number of pyridine rings is 3. The van der Waals surface area contributed by atoms with Crippen LogP contribution in [0.5, 0.6) is 0 Å². The zero-order chi connectivity index (χ0) is 54.8. The van der Waals surface area contributed by atoms with E-state index in [0.717, 1.165) is 112 Å². The van der Waals surface area contributed by atoms with Crippen molar-refractivity contribution < 1.29 is 9.21 Å². The van der Waals surface area contributed by atoms with E-state index < -0.39 is 0 Å². The summed E-state index contributed by atoms with van der Waals surface area (Å²) in [6.07, 6.45) is 7.50. The van der Waals surface area contributed by atoms with Gasteiger partial charge in [0.15, 0.2) is 5.78 Å². The molecule has 0 bridgehead atoms. The molecule has 14 nitrogen and oxygen atoms in total. The Bertz CT molecular complexity index is 3470. The first-order valence-electron chi connectivity index (χ1n) is 26.3. The van der Waals surface area contributed by atoms with Gasteiger partial charge in [-0.05, 0) is 172 Å². The van der Waals surface area contributed by atoms with Crippen molar-refractivity contribution in [3.63, 3.8) is 0 Å². The van der Waals surface area contributed by atoms with E-state index in [-0.39, 0.29) is 12.3 Å². The van der Waals surface area contributed by atoms with E-state index in [9.17, 15) is 4.79 Å². The lowest BCUT2D eigenvalue weighted by Gasteiger charge is -2.17. The van der Waals surface area contributed by atoms with E-state index in [0.29, 0.717) is 27.5 Å². The molecule has 0 unspecified atom stereocenters. The number of Topliss-reactive ketones (excluding diaryl/α,β-unsaturated/α-hetero) is 1. The van der Waals surface area contributed by atoms with Crippen molar-refractivity contribution in [3.05, 3.63) is 192 Å². The zero-order valence-electron chi connectivity index (χ0n) is 43.6. The number of thioether (sulfide) groups is 1. The number of nitrogens with two attached hydrogens (primary N) is 2. The van der Waals surface area contributed by atoms with Crippen LogP contribution >= 0.6 is 35.0 Å². The first kappa shape index (κ1) is 55.5. The van der Waals surface area contributed by atoms with Gasteiger partial charge in [-0.3, -0.25) is 4.79 Å². The Hall–Kier alpha value is -8.26. The van der Waals surface area contributed by atoms with Crippen molar-refractivity contribution in [2.45, 2.75) is 43.4 Å². The normalized spacial score (nSPS) is 13.5. The van der Waals surface area contributed by atoms with Crippen LogP contribution < -0.4 is 31.5 Å². The highest BCUT2D eigenvalue weighted by atomic mass is 35.5. The highest BCUT2D eigenvalue weighted by Crippen LogP contribution is 2.30. The van der Waals surface area contributed by atoms with Gasteiger partial charge in [-0.2, -0.15) is 5.26 Å². The fourth-order valence-corrected chi connectivity index (χ4v) is 9.89. The van der Waals surface area contributed by atoms with E-state index in [1.165, 1.54) is 50.3 Å². The average molecular weight is 1110 g/mol. The number of carbonyl (C=O) groups excluding carboxylic acids is 1. The average Bonchev–Trinajstić information content (AvgIpc) is 4.40. The topological polar surface area (TPSA) is 192 Å². The molecular formula is C62H60Cl2N12O2S. The Morgan fingerprint density at radius 2 is 1.01 bits per heavy atom. The number of nitrogen functional groups attached to an aromatic ring is 1. The number of nitriles is 1. The second-order valence-corrected chi connectivity index (χ2v) is 20.6. The fraction of sp³-hybridized carbons (Fsp3) is 0.210. The van der Waals surface area contributed by atoms with E-state index in [2.05, 4.69) is 72.0 Å². The summed E-state index contributed by atoms with van der Waals surface area (Å²) in [5.74, 6) is 3.53. The second-order valence-electron chi connectivity index (χ2n) is 18.8. The summed E-state index contributed by atoms with van der Waals surface area (Å²) in [6, 6.07) is 56.7. The second kappa shape index (κ2) is 27.9. The van der Waals surface area contributed by atoms with E-state index in [1.54, 1.807) is 36.4 Å². The molecule has 9 aromatic rings. The molecule has 400 valence electrons. The Balaban J connectivity index is 0.000000135. The minimum absolute atomic E-state index is 0.0433. The molecule has 0 amide bonds. The Labute approximate surface area is 475 Å². The number of anilines is 6. The highest BCUT2D eigenvalue weighted by Gasteiger charge is 2.17. The summed E-state index contributed by atoms with van der Waals surface area (Å²) >= 11 is 12.7. The summed E-state index contributed by atoms with van der Waals surface area (Å²) < 4.78 is 5.75. The lowest BCUT2D eigenvalue weighted by Crippen LogP contribution is -2.18. The Morgan fingerprint density at radius 3 is 1.51 bits per heavy atom. The van der Waals surface area contributed by atoms with Crippen LogP contribution in [0.3, 0.4) is 0 Å². The molecule has 3 aliphatic rings. The van der Waals surface area contributed by atoms with Crippen LogP contribution in [0.25, 0.3) is 45.2 Å². The van der Waals surface area contributed by atoms with Crippen LogP contribution in [0.2, 0.25) is 10.0 Å². The Kier molecular flexibility index (Phi) is 19.6. The van der Waals surface area contributed by atoms with Gasteiger partial charge in [0.25, 0.3) is 0 Å². The van der Waals surface area contributed by atoms with Crippen molar-refractivity contribution in [2.24, 2.45) is 5.73 Å². The SMILES string of the molecule is Clc1ccc(-c2nnc(Nc3cccc(-c4cccc(N5CCCC5)n4)c3)o2)cc1.N#CSc1cccc(-c2cccc(N3CCCC3)n2)c1.NCC(=O)c1ccc(Cl)cc1.Nc1cccc(-c2cccc(N3CCCC3)n2)c1. The van der Waals surface area contributed by atoms with Crippen molar-refractivity contribution in [3.8, 4) is 50.6 Å². The monoisotopic (exact) mass is 1110 g/mol. The first-order chi connectivity index (χ1) is 38.7. The predicted octanol–water partition coefficient (Wildman–Crippen LogP) is 14.1. The van der Waals surface area contributed by atoms with Crippen LogP contribution in [0.1, 0.15) is 48.9 Å². The molecule has 3 fully saturated rings. The maximum Gasteiger partial charge on any atom is 0.320 e. The van der Waals surface area contributed by atoms with Gasteiger partial charge in [-0.1, -0.05) is 82.9 Å². The number of carbonyl (C=O) groups is 1. The molecule has 5 aromatic carbocycles. The molecule has 4 aromatic heterocycles. The summed E-state index contributed by atoms with van der Waals surface area (Å²) in [7, 11) is 0. The Morgan fingerprint density at radius 1 is 0.557 bits per heavy atom. The number of ketones is 1. The molecule has 0 atom stereocenters. The van der Waals surface area contributed by atoms with Gasteiger partial charge in [0, 0.05) is 93.4 Å². The standard InChI is InChI=1S/C23H20ClN5O.C16H15N3S.C15H17N3.C8H8ClNO/c24-18-11-9-16(10-12-18)22-27-28-23(30-22)25-19-6-3-5-17(15-19)20-7-4-8-21(26-20)29-13-1-2-14-29;17-12-20-14-6-3-5-13(11-14)15-7-4-8-16(18-15)19-9-1-2-10-19;16-13-6-3-5-12(11-13)14-7-4-8-15(17-14)18-9-1-2-10-18;9-7-3-1-6(2-4-7)8(11)5-10/h3-12,15H,1-2,13-14H2,(H,25,28);3-8,11H,1-2,9-10H2;3-8,11H,1-2,9-10,16H2;1-4H,5,10H2. The van der Waals surface area contributed by atoms with Crippen molar-refractivity contribution in [1.82, 2.24) is 25.1 Å². The molecule has 0 saturated carbocycles. The van der Waals surface area contributed by atoms with E-state index in [4.69, 9.17) is 59.3 Å². The van der Waals surface area contributed by atoms with Crippen LogP contribution in [0.15, 0.2) is 185 Å². The molecule has 0 spiro atoms. The van der Waals surface area contributed by atoms with Crippen molar-refractivity contribution in [2.75, 3.05) is 71.6 Å². The summed E-state index contributed by atoms with van der Waals surface area (Å²) in [4.78, 5) is 33.3. The predicted molar refractivity (Wildman–Crippen MR) is 322 cm³/mol. The molecular weight excluding hydrogens is 1050 g/mol. The number of rotatable bonds is 12. The molecule has 0 radical (unpaired) electrons. The maximum atomic E-state index is 11.0. The molecule has 3 saturated heterocycles. The van der Waals surface area contributed by atoms with Crippen LogP contribution in [0.4, 0.5) is 34.8 Å². The van der Waals surface area contributed by atoms with E-state index in [1.807, 2.05) is 103 Å². The zero-order valence-corrected chi connectivity index (χ0v) is 45.9. The third kappa shape index (κ3) is 15.7. The maximum absolute atomic E-state index is 11.0. The van der Waals surface area contributed by atoms with Gasteiger partial charge < -0.3 is 35.9 Å². The van der Waals surface area contributed by atoms with Crippen LogP contribution in [-0.4, -0.2) is 76.7 Å². The van der Waals surface area contributed by atoms with Crippen LogP contribution in [0, 0.1) is 10.7 Å². The van der Waals surface area contributed by atoms with Gasteiger partial charge in [0.1, 0.15) is 22.9 Å². The fourth-order valence-electron chi connectivity index (χ4n) is 9.21. The highest BCUT2D eigenvalue weighted by molar-refractivity contribution is 8.03. The quantitative estimate of drug-likeness (QED) is 0.0452. The molecule has 7 heterocycles. The number of nitrogens with zero attached hydrogens (tertiary/aromatic N) is 9. The summed E-state index contributed by atoms with van der Waals surface area (Å²) in [5, 5.41) is 23.5. The molecule has 0 aliphatic carbocycles. The molecule has 17 heteroatoms. The van der Waals surface area contributed by atoms with E-state index >= 15 is 0 Å². The van der Waals surface area contributed by atoms with Gasteiger partial charge in [0.05, 0.1) is 23.6 Å². The molecule has 79 heavy (non-hydrogen) atoms. The third-order valence-electron chi connectivity index (χ3n) is 13.2. The number of aromatic nitrogens is 5. The van der Waals surface area contributed by atoms with Gasteiger partial charge in [-0.15, -0.1) is 5.10 Å². The lowest BCUT2D eigenvalue weighted by atomic mass is 10.1. The number of halogens is 2. The minimum atomic E-state index is -0.0679. The first-order valence-corrected chi connectivity index (χ1v) is 27.9. The molecule has 3 aliphatic heterocycles. The number of thiocyanates is 1. The van der Waals surface area contributed by atoms with Gasteiger partial charge in [-0.25, -0.2) is 15.0 Å². The lowest BCUT2D eigenvalue weighted by molar-refractivity contribution is 0.100. The van der Waals surface area contributed by atoms with Crippen molar-refractivity contribution in [1.29, 1.82) is 5.26 Å². The number of nitrogens with one attached hydrogen (secondary N) is 1. The molecule has 12 rings (SSSR count). The largest absolute Gasteiger partial charge is 0.403 e. The van der Waals surface area contributed by atoms with Crippen LogP contribution in [-0.2, 0) is 0 Å².